The van der Waals surface area contributed by atoms with E-state index in [4.69, 9.17) is 14.2 Å². The minimum Gasteiger partial charge on any atom is -0.504 e. The Bertz CT molecular complexity index is 1300. The number of nitrogens with zero attached hydrogens (tertiary/aromatic N) is 1. The van der Waals surface area contributed by atoms with Gasteiger partial charge in [-0.25, -0.2) is 4.39 Å². The molecule has 5 nitrogen and oxygen atoms in total. The molecular formula is C32H39FNO4+. The second-order valence-corrected chi connectivity index (χ2v) is 13.6. The lowest BCUT2D eigenvalue weighted by Crippen LogP contribution is -2.83. The molecular weight excluding hydrogens is 481 g/mol. The summed E-state index contributed by atoms with van der Waals surface area (Å²) in [6.07, 6.45) is 7.99. The van der Waals surface area contributed by atoms with Gasteiger partial charge in [0.2, 0.25) is 0 Å². The van der Waals surface area contributed by atoms with Crippen molar-refractivity contribution in [1.82, 2.24) is 0 Å². The molecule has 202 valence electrons. The van der Waals surface area contributed by atoms with Gasteiger partial charge >= 0.3 is 0 Å². The van der Waals surface area contributed by atoms with Crippen LogP contribution in [0.2, 0.25) is 0 Å². The van der Waals surface area contributed by atoms with E-state index in [1.54, 1.807) is 12.1 Å². The predicted octanol–water partition coefficient (Wildman–Crippen LogP) is 5.12. The van der Waals surface area contributed by atoms with Gasteiger partial charge in [0.05, 0.1) is 44.8 Å². The first-order valence-corrected chi connectivity index (χ1v) is 14.6. The molecule has 2 spiro atoms. The van der Waals surface area contributed by atoms with Crippen LogP contribution in [0.4, 0.5) is 4.39 Å². The van der Waals surface area contributed by atoms with E-state index in [-0.39, 0.29) is 34.4 Å². The highest BCUT2D eigenvalue weighted by Gasteiger charge is 2.83. The van der Waals surface area contributed by atoms with Gasteiger partial charge in [0.25, 0.3) is 0 Å². The maximum atomic E-state index is 13.4. The lowest BCUT2D eigenvalue weighted by atomic mass is 9.34. The van der Waals surface area contributed by atoms with E-state index in [0.29, 0.717) is 19.3 Å². The van der Waals surface area contributed by atoms with Crippen molar-refractivity contribution in [3.8, 4) is 11.5 Å². The number of methoxy groups -OCH3 is 1. The zero-order chi connectivity index (χ0) is 25.9. The van der Waals surface area contributed by atoms with Crippen molar-refractivity contribution in [2.24, 2.45) is 17.3 Å². The molecule has 4 saturated carbocycles. The highest BCUT2D eigenvalue weighted by Crippen LogP contribution is 2.77. The molecule has 7 aliphatic rings. The number of likely N-dealkylation sites (N-methyl/N-ethyl adjacent to an activating group) is 1. The molecule has 1 N–H and O–H groups in total. The smallest absolute Gasteiger partial charge is 0.165 e. The van der Waals surface area contributed by atoms with Gasteiger partial charge < -0.3 is 23.8 Å². The highest BCUT2D eigenvalue weighted by atomic mass is 19.1. The third-order valence-electron chi connectivity index (χ3n) is 12.0. The molecule has 6 heteroatoms. The monoisotopic (exact) mass is 520 g/mol. The summed E-state index contributed by atoms with van der Waals surface area (Å²) in [6, 6.07) is 11.2. The Morgan fingerprint density at radius 3 is 2.68 bits per heavy atom. The number of hydrogen-bond acceptors (Lipinski definition) is 4. The summed E-state index contributed by atoms with van der Waals surface area (Å²) in [5.41, 5.74) is 3.22. The van der Waals surface area contributed by atoms with E-state index in [9.17, 15) is 9.50 Å². The third kappa shape index (κ3) is 2.82. The summed E-state index contributed by atoms with van der Waals surface area (Å²) in [6.45, 7) is 3.51. The van der Waals surface area contributed by atoms with Crippen molar-refractivity contribution < 1.29 is 28.2 Å². The maximum absolute atomic E-state index is 13.4. The number of piperidine rings is 1. The first-order chi connectivity index (χ1) is 18.4. The predicted molar refractivity (Wildman–Crippen MR) is 141 cm³/mol. The summed E-state index contributed by atoms with van der Waals surface area (Å²) in [5.74, 6) is 1.85. The van der Waals surface area contributed by atoms with Crippen LogP contribution in [0, 0.1) is 23.1 Å². The second-order valence-electron chi connectivity index (χ2n) is 13.6. The standard InChI is InChI=1S/C32H38FNO4/c1-34(17-20-3-4-20)14-13-31-27-22-7-10-25(35)28(27)38-29(31)32(36-2)12-11-30(31,26(34)15-22)16-23(32)19-37-18-21-5-8-24(33)9-6-21/h5-10,20,23,26,29H,3-4,11-19H2,1-2H3/p+1/t23-,26-,29-,30-,31+,32-,34-/m1/s1. The van der Waals surface area contributed by atoms with Gasteiger partial charge in [0.1, 0.15) is 17.5 Å². The molecule has 0 unspecified atom stereocenters. The number of aromatic hydroxyl groups is 1. The number of phenols is 1. The number of phenolic OH excluding ortho intramolecular Hbond substituents is 1. The van der Waals surface area contributed by atoms with Crippen LogP contribution in [0.3, 0.4) is 0 Å². The van der Waals surface area contributed by atoms with Gasteiger partial charge in [-0.2, -0.15) is 0 Å². The van der Waals surface area contributed by atoms with Crippen LogP contribution in [0.1, 0.15) is 55.2 Å². The molecule has 9 rings (SSSR count). The molecule has 2 aromatic carbocycles. The summed E-state index contributed by atoms with van der Waals surface area (Å²) in [5, 5.41) is 11.0. The van der Waals surface area contributed by atoms with E-state index in [2.05, 4.69) is 13.1 Å². The largest absolute Gasteiger partial charge is 0.504 e. The molecule has 5 aliphatic carbocycles. The first-order valence-electron chi connectivity index (χ1n) is 14.6. The van der Waals surface area contributed by atoms with Crippen LogP contribution < -0.4 is 4.74 Å². The Kier molecular flexibility index (Phi) is 4.83. The molecule has 4 bridgehead atoms. The Morgan fingerprint density at radius 2 is 1.92 bits per heavy atom. The molecule has 7 atom stereocenters. The minimum atomic E-state index is -0.452. The quantitative estimate of drug-likeness (QED) is 0.515. The van der Waals surface area contributed by atoms with E-state index < -0.39 is 5.60 Å². The van der Waals surface area contributed by atoms with Crippen molar-refractivity contribution in [3.05, 3.63) is 58.9 Å². The van der Waals surface area contributed by atoms with Crippen LogP contribution in [0.25, 0.3) is 0 Å². The summed E-state index contributed by atoms with van der Waals surface area (Å²) in [4.78, 5) is 0. The van der Waals surface area contributed by atoms with E-state index in [0.717, 1.165) is 53.8 Å². The summed E-state index contributed by atoms with van der Waals surface area (Å²) < 4.78 is 34.4. The van der Waals surface area contributed by atoms with Gasteiger partial charge in [0, 0.05) is 42.8 Å². The van der Waals surface area contributed by atoms with Crippen LogP contribution in [0.15, 0.2) is 36.4 Å². The first kappa shape index (κ1) is 23.7. The van der Waals surface area contributed by atoms with Gasteiger partial charge in [-0.15, -0.1) is 0 Å². The van der Waals surface area contributed by atoms with Crippen LogP contribution >= 0.6 is 0 Å². The number of fused-ring (bicyclic) bond motifs is 2. The van der Waals surface area contributed by atoms with Crippen molar-refractivity contribution in [3.63, 3.8) is 0 Å². The SMILES string of the molecule is CO[C@]12CC[C@@]3(C[C@@H]1COCc1ccc(F)cc1)[C@H]1Cc4ccc(O)c5c4[C@@]3(CC[N@+]1(C)CC1CC1)[C@H]2O5. The number of rotatable bonds is 7. The fraction of sp³-hybridized carbons (Fsp3) is 0.625. The van der Waals surface area contributed by atoms with Crippen LogP contribution in [-0.2, 0) is 27.9 Å². The summed E-state index contributed by atoms with van der Waals surface area (Å²) >= 11 is 0. The molecule has 2 heterocycles. The number of ether oxygens (including phenoxy) is 3. The summed E-state index contributed by atoms with van der Waals surface area (Å²) in [7, 11) is 4.39. The topological polar surface area (TPSA) is 47.9 Å². The fourth-order valence-electron chi connectivity index (χ4n) is 10.4. The third-order valence-corrected chi connectivity index (χ3v) is 12.0. The number of benzene rings is 2. The Balaban J connectivity index is 1.21. The van der Waals surface area contributed by atoms with Crippen LogP contribution in [0.5, 0.6) is 11.5 Å². The van der Waals surface area contributed by atoms with Gasteiger partial charge in [-0.1, -0.05) is 18.2 Å². The molecule has 0 amide bonds. The number of hydrogen-bond donors (Lipinski definition) is 1. The maximum Gasteiger partial charge on any atom is 0.165 e. The van der Waals surface area contributed by atoms with Crippen LogP contribution in [-0.4, -0.2) is 61.2 Å². The normalized spacial score (nSPS) is 41.6. The molecule has 0 radical (unpaired) electrons. The van der Waals surface area contributed by atoms with Gasteiger partial charge in [-0.3, -0.25) is 0 Å². The zero-order valence-electron chi connectivity index (χ0n) is 22.5. The lowest BCUT2D eigenvalue weighted by Gasteiger charge is -2.74. The molecule has 1 saturated heterocycles. The number of quaternary nitrogens is 1. The average molecular weight is 521 g/mol. The molecule has 0 aromatic heterocycles. The Morgan fingerprint density at radius 1 is 1.11 bits per heavy atom. The zero-order valence-corrected chi connectivity index (χ0v) is 22.5. The van der Waals surface area contributed by atoms with Crippen molar-refractivity contribution in [2.75, 3.05) is 33.9 Å². The van der Waals surface area contributed by atoms with E-state index in [1.165, 1.54) is 49.2 Å². The van der Waals surface area contributed by atoms with Gasteiger partial charge in [0.15, 0.2) is 11.5 Å². The fourth-order valence-corrected chi connectivity index (χ4v) is 10.4. The van der Waals surface area contributed by atoms with E-state index >= 15 is 0 Å². The Hall–Kier alpha value is -2.15. The minimum absolute atomic E-state index is 0.107. The molecule has 5 fully saturated rings. The van der Waals surface area contributed by atoms with Crippen molar-refractivity contribution in [2.45, 2.75) is 74.7 Å². The lowest BCUT2D eigenvalue weighted by molar-refractivity contribution is -0.952. The van der Waals surface area contributed by atoms with Crippen molar-refractivity contribution in [1.29, 1.82) is 0 Å². The number of likely N-dealkylation sites (tertiary alicyclic amines) is 1. The highest BCUT2D eigenvalue weighted by molar-refractivity contribution is 5.62. The number of halogens is 1. The van der Waals surface area contributed by atoms with Gasteiger partial charge in [-0.05, 0) is 61.4 Å². The Labute approximate surface area is 224 Å². The molecule has 38 heavy (non-hydrogen) atoms. The average Bonchev–Trinajstić information content (AvgIpc) is 3.64. The van der Waals surface area contributed by atoms with E-state index in [1.807, 2.05) is 13.2 Å². The molecule has 2 aromatic rings. The van der Waals surface area contributed by atoms with Crippen molar-refractivity contribution >= 4 is 0 Å². The molecule has 2 aliphatic heterocycles. The second kappa shape index (κ2) is 7.74.